The molecule has 3 heterocycles. The number of nitrogens with zero attached hydrogens (tertiary/aromatic N) is 3. The lowest BCUT2D eigenvalue weighted by Crippen LogP contribution is -2.38. The summed E-state index contributed by atoms with van der Waals surface area (Å²) >= 11 is 0. The topological polar surface area (TPSA) is 83.8 Å². The molecule has 148 valence electrons. The number of hydrogen-bond donors (Lipinski definition) is 1. The fourth-order valence-electron chi connectivity index (χ4n) is 3.40. The number of imidazole rings is 1. The number of carbonyl (C=O) groups is 1. The van der Waals surface area contributed by atoms with E-state index in [0.29, 0.717) is 25.3 Å². The van der Waals surface area contributed by atoms with Crippen LogP contribution in [0.2, 0.25) is 0 Å². The van der Waals surface area contributed by atoms with Gasteiger partial charge >= 0.3 is 0 Å². The van der Waals surface area contributed by atoms with Gasteiger partial charge in [0.05, 0.1) is 11.8 Å². The minimum atomic E-state index is -3.24. The quantitative estimate of drug-likeness (QED) is 0.865. The molecular weight excluding hydrogens is 364 g/mol. The van der Waals surface area contributed by atoms with Crippen LogP contribution in [0, 0.1) is 5.41 Å². The third-order valence-electron chi connectivity index (χ3n) is 4.79. The number of amides is 1. The Labute approximate surface area is 160 Å². The molecule has 8 heteroatoms. The van der Waals surface area contributed by atoms with Crippen LogP contribution >= 0.6 is 0 Å². The molecule has 27 heavy (non-hydrogen) atoms. The summed E-state index contributed by atoms with van der Waals surface area (Å²) in [6.45, 7) is 7.68. The van der Waals surface area contributed by atoms with E-state index in [0.717, 1.165) is 24.2 Å². The molecule has 1 amide bonds. The maximum absolute atomic E-state index is 12.7. The van der Waals surface area contributed by atoms with Crippen molar-refractivity contribution in [3.8, 4) is 0 Å². The highest BCUT2D eigenvalue weighted by Crippen LogP contribution is 2.29. The predicted octanol–water partition coefficient (Wildman–Crippen LogP) is 2.25. The highest BCUT2D eigenvalue weighted by atomic mass is 32.2. The molecular formula is C19H28N4O3S. The van der Waals surface area contributed by atoms with E-state index < -0.39 is 10.0 Å². The van der Waals surface area contributed by atoms with Crippen molar-refractivity contribution in [2.24, 2.45) is 5.41 Å². The number of pyridine rings is 1. The van der Waals surface area contributed by atoms with Gasteiger partial charge < -0.3 is 9.72 Å². The zero-order chi connectivity index (χ0) is 19.8. The summed E-state index contributed by atoms with van der Waals surface area (Å²) in [5.41, 5.74) is 1.12. The molecule has 2 aromatic heterocycles. The molecule has 1 aliphatic heterocycles. The maximum Gasteiger partial charge on any atom is 0.272 e. The van der Waals surface area contributed by atoms with Crippen LogP contribution in [0.4, 0.5) is 0 Å². The van der Waals surface area contributed by atoms with Gasteiger partial charge in [0, 0.05) is 31.7 Å². The molecule has 1 N–H and O–H groups in total. The first-order valence-electron chi connectivity index (χ1n) is 9.26. The van der Waals surface area contributed by atoms with Crippen molar-refractivity contribution in [1.29, 1.82) is 0 Å². The number of aromatic nitrogens is 2. The van der Waals surface area contributed by atoms with Crippen molar-refractivity contribution in [3.05, 3.63) is 35.9 Å². The van der Waals surface area contributed by atoms with Crippen molar-refractivity contribution < 1.29 is 13.2 Å². The predicted molar refractivity (Wildman–Crippen MR) is 105 cm³/mol. The smallest absolute Gasteiger partial charge is 0.272 e. The molecule has 1 fully saturated rings. The van der Waals surface area contributed by atoms with Gasteiger partial charge in [-0.05, 0) is 30.4 Å². The van der Waals surface area contributed by atoms with Gasteiger partial charge in [-0.15, -0.1) is 0 Å². The molecule has 7 nitrogen and oxygen atoms in total. The first kappa shape index (κ1) is 19.8. The summed E-state index contributed by atoms with van der Waals surface area (Å²) in [7, 11) is -3.24. The summed E-state index contributed by atoms with van der Waals surface area (Å²) < 4.78 is 27.3. The van der Waals surface area contributed by atoms with Crippen molar-refractivity contribution in [3.63, 3.8) is 0 Å². The average Bonchev–Trinajstić information content (AvgIpc) is 2.98. The zero-order valence-electron chi connectivity index (χ0n) is 16.4. The Morgan fingerprint density at radius 2 is 2.07 bits per heavy atom. The Hall–Kier alpha value is -1.93. The summed E-state index contributed by atoms with van der Waals surface area (Å²) in [6, 6.07) is 5.65. The average molecular weight is 393 g/mol. The number of rotatable bonds is 4. The van der Waals surface area contributed by atoms with Gasteiger partial charge in [-0.25, -0.2) is 17.7 Å². The van der Waals surface area contributed by atoms with Crippen LogP contribution in [-0.2, 0) is 10.0 Å². The minimum Gasteiger partial charge on any atom is -0.350 e. The third-order valence-corrected chi connectivity index (χ3v) is 6.06. The zero-order valence-corrected chi connectivity index (χ0v) is 17.2. The lowest BCUT2D eigenvalue weighted by molar-refractivity contribution is 0.0936. The van der Waals surface area contributed by atoms with Crippen LogP contribution in [0.15, 0.2) is 24.4 Å². The largest absolute Gasteiger partial charge is 0.350 e. The highest BCUT2D eigenvalue weighted by molar-refractivity contribution is 7.88. The second kappa shape index (κ2) is 7.24. The molecule has 0 unspecified atom stereocenters. The maximum atomic E-state index is 12.7. The molecule has 1 saturated heterocycles. The second-order valence-corrected chi connectivity index (χ2v) is 10.5. The number of piperidine rings is 1. The molecule has 1 atom stereocenters. The molecule has 3 rings (SSSR count). The van der Waals surface area contributed by atoms with Crippen molar-refractivity contribution in [1.82, 2.24) is 19.0 Å². The Kier molecular flexibility index (Phi) is 5.31. The standard InChI is InChI=1S/C19H28N4O3S/c1-19(2,3)13-20-18(24)16-15-9-5-6-11-23(15)17(21-16)14-8-7-10-22(12-14)27(4,25)26/h5-6,9,11,14H,7-8,10,12-13H2,1-4H3,(H,20,24)/t14-/m0/s1. The van der Waals surface area contributed by atoms with Gasteiger partial charge in [0.2, 0.25) is 10.0 Å². The van der Waals surface area contributed by atoms with Crippen molar-refractivity contribution >= 4 is 21.4 Å². The number of fused-ring (bicyclic) bond motifs is 1. The van der Waals surface area contributed by atoms with Crippen LogP contribution in [0.5, 0.6) is 0 Å². The number of hydrogen-bond acceptors (Lipinski definition) is 4. The van der Waals surface area contributed by atoms with Crippen molar-refractivity contribution in [2.45, 2.75) is 39.5 Å². The van der Waals surface area contributed by atoms with Gasteiger partial charge in [-0.1, -0.05) is 26.8 Å². The van der Waals surface area contributed by atoms with Crippen LogP contribution in [-0.4, -0.2) is 53.9 Å². The fraction of sp³-hybridized carbons (Fsp3) is 0.579. The Morgan fingerprint density at radius 1 is 1.33 bits per heavy atom. The first-order valence-corrected chi connectivity index (χ1v) is 11.1. The second-order valence-electron chi connectivity index (χ2n) is 8.48. The van der Waals surface area contributed by atoms with E-state index in [2.05, 4.69) is 31.1 Å². The summed E-state index contributed by atoms with van der Waals surface area (Å²) in [5.74, 6) is 0.517. The van der Waals surface area contributed by atoms with Gasteiger partial charge in [0.25, 0.3) is 5.91 Å². The number of sulfonamides is 1. The highest BCUT2D eigenvalue weighted by Gasteiger charge is 2.31. The number of carbonyl (C=O) groups excluding carboxylic acids is 1. The van der Waals surface area contributed by atoms with Gasteiger partial charge in [-0.3, -0.25) is 4.79 Å². The van der Waals surface area contributed by atoms with E-state index in [1.165, 1.54) is 10.6 Å². The number of nitrogens with one attached hydrogen (secondary N) is 1. The summed E-state index contributed by atoms with van der Waals surface area (Å²) in [4.78, 5) is 17.4. The van der Waals surface area contributed by atoms with Crippen LogP contribution < -0.4 is 5.32 Å². The minimum absolute atomic E-state index is 0.0205. The molecule has 2 aromatic rings. The molecule has 0 spiro atoms. The normalized spacial score (nSPS) is 19.3. The lowest BCUT2D eigenvalue weighted by atomic mass is 9.97. The van der Waals surface area contributed by atoms with Crippen LogP contribution in [0.3, 0.4) is 0 Å². The van der Waals surface area contributed by atoms with E-state index in [4.69, 9.17) is 0 Å². The molecule has 0 saturated carbocycles. The molecule has 0 aromatic carbocycles. The van der Waals surface area contributed by atoms with Crippen molar-refractivity contribution in [2.75, 3.05) is 25.9 Å². The van der Waals surface area contributed by atoms with Gasteiger partial charge in [0.15, 0.2) is 5.69 Å². The molecule has 0 radical (unpaired) electrons. The van der Waals surface area contributed by atoms with Gasteiger partial charge in [0.1, 0.15) is 5.82 Å². The lowest BCUT2D eigenvalue weighted by Gasteiger charge is -2.30. The summed E-state index contributed by atoms with van der Waals surface area (Å²) in [6.07, 6.45) is 4.76. The van der Waals surface area contributed by atoms with E-state index in [1.54, 1.807) is 0 Å². The Balaban J connectivity index is 1.94. The van der Waals surface area contributed by atoms with E-state index in [1.807, 2.05) is 28.8 Å². The monoisotopic (exact) mass is 392 g/mol. The Bertz CT molecular complexity index is 944. The Morgan fingerprint density at radius 3 is 2.74 bits per heavy atom. The van der Waals surface area contributed by atoms with Gasteiger partial charge in [-0.2, -0.15) is 0 Å². The van der Waals surface area contributed by atoms with Crippen LogP contribution in [0.1, 0.15) is 55.8 Å². The van der Waals surface area contributed by atoms with E-state index >= 15 is 0 Å². The third kappa shape index (κ3) is 4.50. The van der Waals surface area contributed by atoms with Crippen LogP contribution in [0.25, 0.3) is 5.52 Å². The SMILES string of the molecule is CC(C)(C)CNC(=O)c1nc([C@H]2CCCN(S(C)(=O)=O)C2)n2ccccc12. The van der Waals surface area contributed by atoms with E-state index in [9.17, 15) is 13.2 Å². The molecule has 0 bridgehead atoms. The first-order chi connectivity index (χ1) is 12.6. The summed E-state index contributed by atoms with van der Waals surface area (Å²) in [5, 5.41) is 2.96. The fourth-order valence-corrected chi connectivity index (χ4v) is 4.31. The molecule has 0 aliphatic carbocycles. The van der Waals surface area contributed by atoms with E-state index in [-0.39, 0.29) is 17.2 Å². The molecule has 1 aliphatic rings.